The van der Waals surface area contributed by atoms with Crippen LogP contribution in [-0.4, -0.2) is 43.2 Å². The molecule has 72 valence electrons. The van der Waals surface area contributed by atoms with Crippen LogP contribution in [0, 0.1) is 5.92 Å². The molecule has 0 radical (unpaired) electrons. The molecule has 2 aliphatic heterocycles. The third-order valence-corrected chi connectivity index (χ3v) is 2.57. The summed E-state index contributed by atoms with van der Waals surface area (Å²) < 4.78 is 5.16. The van der Waals surface area contributed by atoms with Gasteiger partial charge in [0.15, 0.2) is 0 Å². The van der Waals surface area contributed by atoms with E-state index in [1.54, 1.807) is 4.90 Å². The van der Waals surface area contributed by atoms with Gasteiger partial charge in [0.25, 0.3) is 0 Å². The van der Waals surface area contributed by atoms with Gasteiger partial charge in [0.1, 0.15) is 0 Å². The topological polar surface area (TPSA) is 55.6 Å². The molecule has 1 amide bonds. The summed E-state index contributed by atoms with van der Waals surface area (Å²) in [6, 6.07) is -0.118. The monoisotopic (exact) mass is 182 g/mol. The summed E-state index contributed by atoms with van der Waals surface area (Å²) in [6.07, 6.45) is 4.00. The molecule has 2 unspecified atom stereocenters. The van der Waals surface area contributed by atoms with Gasteiger partial charge in [-0.1, -0.05) is 12.2 Å². The summed E-state index contributed by atoms with van der Waals surface area (Å²) in [5.74, 6) is 0.00917. The quantitative estimate of drug-likeness (QED) is 0.549. The molecule has 0 aromatic rings. The van der Waals surface area contributed by atoms with Crippen molar-refractivity contribution in [3.05, 3.63) is 12.2 Å². The molecule has 1 saturated heterocycles. The number of nitrogens with zero attached hydrogens (tertiary/aromatic N) is 1. The Morgan fingerprint density at radius 1 is 1.38 bits per heavy atom. The second-order valence-electron chi connectivity index (χ2n) is 3.52. The summed E-state index contributed by atoms with van der Waals surface area (Å²) in [5.41, 5.74) is 5.75. The number of carbonyl (C=O) groups excluding carboxylic acids is 1. The van der Waals surface area contributed by atoms with Crippen molar-refractivity contribution in [2.45, 2.75) is 6.04 Å². The molecule has 2 aliphatic rings. The van der Waals surface area contributed by atoms with Crippen LogP contribution in [-0.2, 0) is 9.53 Å². The Labute approximate surface area is 77.3 Å². The van der Waals surface area contributed by atoms with Crippen LogP contribution >= 0.6 is 0 Å². The first-order chi connectivity index (χ1) is 6.29. The number of ether oxygens (including phenoxy) is 1. The van der Waals surface area contributed by atoms with Gasteiger partial charge < -0.3 is 15.4 Å². The van der Waals surface area contributed by atoms with Crippen molar-refractivity contribution in [1.82, 2.24) is 4.90 Å². The zero-order valence-corrected chi connectivity index (χ0v) is 7.48. The molecule has 0 aromatic carbocycles. The molecule has 0 aromatic heterocycles. The maximum absolute atomic E-state index is 11.8. The van der Waals surface area contributed by atoms with Crippen LogP contribution in [0.1, 0.15) is 0 Å². The summed E-state index contributed by atoms with van der Waals surface area (Å²) in [6.45, 7) is 2.44. The van der Waals surface area contributed by atoms with Crippen LogP contribution in [0.3, 0.4) is 0 Å². The molecule has 2 rings (SSSR count). The lowest BCUT2D eigenvalue weighted by Gasteiger charge is -2.21. The highest BCUT2D eigenvalue weighted by atomic mass is 16.5. The molecule has 2 heterocycles. The first-order valence-electron chi connectivity index (χ1n) is 4.56. The van der Waals surface area contributed by atoms with E-state index in [9.17, 15) is 4.79 Å². The molecule has 2 atom stereocenters. The molecule has 13 heavy (non-hydrogen) atoms. The lowest BCUT2D eigenvalue weighted by Crippen LogP contribution is -2.42. The highest BCUT2D eigenvalue weighted by molar-refractivity contribution is 5.80. The van der Waals surface area contributed by atoms with Gasteiger partial charge in [-0.15, -0.1) is 0 Å². The maximum Gasteiger partial charge on any atom is 0.230 e. The van der Waals surface area contributed by atoms with E-state index >= 15 is 0 Å². The minimum Gasteiger partial charge on any atom is -0.379 e. The first kappa shape index (κ1) is 8.72. The molecule has 2 N–H and O–H groups in total. The Kier molecular flexibility index (Phi) is 2.33. The molecular weight excluding hydrogens is 168 g/mol. The van der Waals surface area contributed by atoms with Crippen molar-refractivity contribution < 1.29 is 9.53 Å². The van der Waals surface area contributed by atoms with Crippen LogP contribution < -0.4 is 5.73 Å². The van der Waals surface area contributed by atoms with Crippen molar-refractivity contribution in [3.63, 3.8) is 0 Å². The van der Waals surface area contributed by atoms with E-state index in [4.69, 9.17) is 10.5 Å². The third-order valence-electron chi connectivity index (χ3n) is 2.57. The predicted molar refractivity (Wildman–Crippen MR) is 48.0 cm³/mol. The first-order valence-corrected chi connectivity index (χ1v) is 4.56. The molecule has 0 spiro atoms. The van der Waals surface area contributed by atoms with E-state index in [-0.39, 0.29) is 17.9 Å². The summed E-state index contributed by atoms with van der Waals surface area (Å²) >= 11 is 0. The number of hydrogen-bond donors (Lipinski definition) is 1. The highest BCUT2D eigenvalue weighted by Crippen LogP contribution is 2.16. The zero-order valence-electron chi connectivity index (χ0n) is 7.48. The second kappa shape index (κ2) is 3.47. The summed E-state index contributed by atoms with van der Waals surface area (Å²) in [7, 11) is 0. The van der Waals surface area contributed by atoms with Crippen molar-refractivity contribution in [3.8, 4) is 0 Å². The second-order valence-corrected chi connectivity index (χ2v) is 3.52. The van der Waals surface area contributed by atoms with Crippen LogP contribution in [0.4, 0.5) is 0 Å². The highest BCUT2D eigenvalue weighted by Gasteiger charge is 2.34. The Bertz CT molecular complexity index is 232. The van der Waals surface area contributed by atoms with Crippen molar-refractivity contribution in [1.29, 1.82) is 0 Å². The minimum atomic E-state index is -0.125. The fourth-order valence-electron chi connectivity index (χ4n) is 1.72. The minimum absolute atomic E-state index is 0.118. The Morgan fingerprint density at radius 3 is 2.62 bits per heavy atom. The number of carbonyl (C=O) groups is 1. The van der Waals surface area contributed by atoms with Gasteiger partial charge in [-0.25, -0.2) is 0 Å². The third kappa shape index (κ3) is 1.59. The molecule has 4 heteroatoms. The smallest absolute Gasteiger partial charge is 0.230 e. The van der Waals surface area contributed by atoms with E-state index in [1.165, 1.54) is 0 Å². The molecular formula is C9H14N2O2. The van der Waals surface area contributed by atoms with Gasteiger partial charge in [0.2, 0.25) is 5.91 Å². The fraction of sp³-hybridized carbons (Fsp3) is 0.667. The molecule has 1 fully saturated rings. The molecule has 4 nitrogen and oxygen atoms in total. The van der Waals surface area contributed by atoms with Crippen LogP contribution in [0.2, 0.25) is 0 Å². The number of nitrogens with two attached hydrogens (primary N) is 1. The van der Waals surface area contributed by atoms with E-state index in [0.29, 0.717) is 13.2 Å². The Hall–Kier alpha value is -0.870. The summed E-state index contributed by atoms with van der Waals surface area (Å²) in [4.78, 5) is 13.6. The van der Waals surface area contributed by atoms with Gasteiger partial charge in [0.05, 0.1) is 19.1 Å². The van der Waals surface area contributed by atoms with Gasteiger partial charge in [-0.3, -0.25) is 4.79 Å². The van der Waals surface area contributed by atoms with E-state index < -0.39 is 0 Å². The van der Waals surface area contributed by atoms with Crippen LogP contribution in [0.25, 0.3) is 0 Å². The van der Waals surface area contributed by atoms with Gasteiger partial charge in [-0.2, -0.15) is 0 Å². The van der Waals surface area contributed by atoms with Crippen LogP contribution in [0.5, 0.6) is 0 Å². The van der Waals surface area contributed by atoms with Crippen molar-refractivity contribution in [2.24, 2.45) is 11.7 Å². The van der Waals surface area contributed by atoms with Gasteiger partial charge in [0, 0.05) is 19.1 Å². The number of rotatable bonds is 1. The molecule has 0 bridgehead atoms. The SMILES string of the molecule is NC1COCC1C(=O)N1CC=CC1. The largest absolute Gasteiger partial charge is 0.379 e. The average molecular weight is 182 g/mol. The lowest BCUT2D eigenvalue weighted by molar-refractivity contribution is -0.134. The van der Waals surface area contributed by atoms with Crippen molar-refractivity contribution in [2.75, 3.05) is 26.3 Å². The van der Waals surface area contributed by atoms with Crippen LogP contribution in [0.15, 0.2) is 12.2 Å². The summed E-state index contributed by atoms with van der Waals surface area (Å²) in [5, 5.41) is 0. The van der Waals surface area contributed by atoms with Crippen molar-refractivity contribution >= 4 is 5.91 Å². The lowest BCUT2D eigenvalue weighted by atomic mass is 10.0. The molecule has 0 saturated carbocycles. The number of hydrogen-bond acceptors (Lipinski definition) is 3. The molecule has 0 aliphatic carbocycles. The fourth-order valence-corrected chi connectivity index (χ4v) is 1.72. The Morgan fingerprint density at radius 2 is 2.08 bits per heavy atom. The average Bonchev–Trinajstić information content (AvgIpc) is 2.72. The van der Waals surface area contributed by atoms with E-state index in [1.807, 2.05) is 12.2 Å². The zero-order chi connectivity index (χ0) is 9.26. The van der Waals surface area contributed by atoms with E-state index in [2.05, 4.69) is 0 Å². The Balaban J connectivity index is 1.96. The van der Waals surface area contributed by atoms with Gasteiger partial charge >= 0.3 is 0 Å². The number of amides is 1. The normalized spacial score (nSPS) is 32.8. The standard InChI is InChI=1S/C9H14N2O2/c10-8-6-13-5-7(8)9(12)11-3-1-2-4-11/h1-2,7-8H,3-6,10H2. The van der Waals surface area contributed by atoms with E-state index in [0.717, 1.165) is 13.1 Å². The van der Waals surface area contributed by atoms with Gasteiger partial charge in [-0.05, 0) is 0 Å². The maximum atomic E-state index is 11.8. The predicted octanol–water partition coefficient (Wildman–Crippen LogP) is -0.641.